The van der Waals surface area contributed by atoms with E-state index in [1.165, 1.54) is 10.4 Å². The summed E-state index contributed by atoms with van der Waals surface area (Å²) in [4.78, 5) is 14.9. The molecule has 0 radical (unpaired) electrons. The van der Waals surface area contributed by atoms with Crippen molar-refractivity contribution in [1.29, 1.82) is 0 Å². The normalized spacial score (nSPS) is 15.8. The van der Waals surface area contributed by atoms with Gasteiger partial charge in [-0.3, -0.25) is 4.79 Å². The zero-order chi connectivity index (χ0) is 26.0. The Hall–Kier alpha value is -2.96. The van der Waals surface area contributed by atoms with Gasteiger partial charge in [0.25, 0.3) is 8.32 Å². The third kappa shape index (κ3) is 5.09. The van der Waals surface area contributed by atoms with Gasteiger partial charge < -0.3 is 14.1 Å². The summed E-state index contributed by atoms with van der Waals surface area (Å²) in [7, 11) is -2.69. The van der Waals surface area contributed by atoms with Gasteiger partial charge in [-0.1, -0.05) is 99.1 Å². The molecule has 6 heteroatoms. The highest BCUT2D eigenvalue weighted by atomic mass is 35.5. The number of rotatable bonds is 5. The number of aromatic amines is 1. The highest BCUT2D eigenvalue weighted by molar-refractivity contribution is 6.99. The third-order valence-electron chi connectivity index (χ3n) is 7.20. The number of hydrogen-bond donors (Lipinski definition) is 1. The van der Waals surface area contributed by atoms with Crippen LogP contribution in [0.25, 0.3) is 11.1 Å². The highest BCUT2D eigenvalue weighted by Gasteiger charge is 2.50. The predicted molar refractivity (Wildman–Crippen MR) is 153 cm³/mol. The number of ether oxygens (including phenoxy) is 1. The van der Waals surface area contributed by atoms with Crippen molar-refractivity contribution in [3.05, 3.63) is 118 Å². The Kier molecular flexibility index (Phi) is 7.23. The van der Waals surface area contributed by atoms with Crippen LogP contribution in [0.5, 0.6) is 0 Å². The summed E-state index contributed by atoms with van der Waals surface area (Å²) in [5.74, 6) is 0. The molecule has 1 aromatic heterocycles. The molecule has 1 N–H and O–H groups in total. The molecule has 0 amide bonds. The van der Waals surface area contributed by atoms with Crippen LogP contribution in [0.15, 0.2) is 95.9 Å². The molecule has 4 aromatic rings. The number of hydrogen-bond acceptors (Lipinski definition) is 3. The monoisotopic (exact) mass is 529 g/mol. The van der Waals surface area contributed by atoms with Crippen LogP contribution in [0.4, 0.5) is 0 Å². The van der Waals surface area contributed by atoms with Crippen molar-refractivity contribution >= 4 is 30.3 Å². The van der Waals surface area contributed by atoms with Crippen molar-refractivity contribution in [3.8, 4) is 11.1 Å². The average Bonchev–Trinajstić information content (AvgIpc) is 2.88. The number of aromatic nitrogens is 1. The lowest BCUT2D eigenvalue weighted by atomic mass is 9.93. The minimum atomic E-state index is -2.69. The van der Waals surface area contributed by atoms with Crippen LogP contribution in [0, 0.1) is 0 Å². The molecular weight excluding hydrogens is 498 g/mol. The molecule has 0 saturated heterocycles. The van der Waals surface area contributed by atoms with Crippen molar-refractivity contribution in [2.45, 2.75) is 44.9 Å². The van der Waals surface area contributed by atoms with E-state index in [9.17, 15) is 4.79 Å². The molecule has 0 fully saturated rings. The summed E-state index contributed by atoms with van der Waals surface area (Å²) in [5.41, 5.74) is 3.72. The van der Waals surface area contributed by atoms with Gasteiger partial charge in [0.15, 0.2) is 0 Å². The lowest BCUT2D eigenvalue weighted by Crippen LogP contribution is -2.67. The molecular formula is C31H32ClNO3Si. The Bertz CT molecular complexity index is 1390. The lowest BCUT2D eigenvalue weighted by molar-refractivity contribution is 0.00693. The summed E-state index contributed by atoms with van der Waals surface area (Å²) in [5, 5.41) is 3.02. The van der Waals surface area contributed by atoms with E-state index in [4.69, 9.17) is 20.8 Å². The molecule has 5 rings (SSSR count). The quantitative estimate of drug-likeness (QED) is 0.337. The summed E-state index contributed by atoms with van der Waals surface area (Å²) >= 11 is 6.38. The fraction of sp³-hybridized carbons (Fsp3) is 0.258. The second-order valence-corrected chi connectivity index (χ2v) is 15.4. The van der Waals surface area contributed by atoms with Gasteiger partial charge in [-0.25, -0.2) is 0 Å². The molecule has 37 heavy (non-hydrogen) atoms. The number of nitrogens with one attached hydrogen (secondary N) is 1. The molecule has 0 bridgehead atoms. The van der Waals surface area contributed by atoms with Gasteiger partial charge in [0.05, 0.1) is 19.3 Å². The molecule has 0 spiro atoms. The highest BCUT2D eigenvalue weighted by Crippen LogP contribution is 2.38. The maximum absolute atomic E-state index is 12.1. The van der Waals surface area contributed by atoms with Crippen LogP contribution < -0.4 is 15.9 Å². The van der Waals surface area contributed by atoms with E-state index >= 15 is 0 Å². The van der Waals surface area contributed by atoms with Crippen molar-refractivity contribution in [2.24, 2.45) is 0 Å². The molecule has 3 aromatic carbocycles. The zero-order valence-corrected chi connectivity index (χ0v) is 23.2. The Morgan fingerprint density at radius 1 is 0.919 bits per heavy atom. The van der Waals surface area contributed by atoms with E-state index in [2.05, 4.69) is 86.4 Å². The molecule has 1 aliphatic heterocycles. The van der Waals surface area contributed by atoms with Gasteiger partial charge in [0.1, 0.15) is 0 Å². The van der Waals surface area contributed by atoms with Crippen molar-refractivity contribution < 1.29 is 9.16 Å². The standard InChI is InChI=1S/C31H32ClNO3Si/c1-31(2,3)37(26-10-6-4-7-11-26,27-12-8-5-9-13-27)36-21-25-16-22-14-15-24(32)17-28(22)29-18-30(34)33-19-23(29)20-35-25/h4-15,17-19,25H,16,20-21H2,1-3H3,(H,33,34). The Labute approximate surface area is 224 Å². The van der Waals surface area contributed by atoms with E-state index in [1.54, 1.807) is 12.3 Å². The maximum atomic E-state index is 12.1. The van der Waals surface area contributed by atoms with E-state index in [-0.39, 0.29) is 16.7 Å². The van der Waals surface area contributed by atoms with Gasteiger partial charge >= 0.3 is 0 Å². The van der Waals surface area contributed by atoms with Gasteiger partial charge in [0, 0.05) is 29.3 Å². The molecule has 1 aliphatic rings. The molecule has 2 heterocycles. The predicted octanol–water partition coefficient (Wildman–Crippen LogP) is 5.71. The second kappa shape index (κ2) is 10.4. The van der Waals surface area contributed by atoms with E-state index in [1.807, 2.05) is 18.2 Å². The van der Waals surface area contributed by atoms with Crippen LogP contribution in [0.3, 0.4) is 0 Å². The summed E-state index contributed by atoms with van der Waals surface area (Å²) < 4.78 is 13.6. The second-order valence-electron chi connectivity index (χ2n) is 10.6. The summed E-state index contributed by atoms with van der Waals surface area (Å²) in [6.45, 7) is 7.67. The van der Waals surface area contributed by atoms with Crippen LogP contribution in [-0.2, 0) is 22.2 Å². The first kappa shape index (κ1) is 25.7. The van der Waals surface area contributed by atoms with Gasteiger partial charge in [-0.2, -0.15) is 0 Å². The largest absolute Gasteiger partial charge is 0.405 e. The topological polar surface area (TPSA) is 51.3 Å². The molecule has 0 aliphatic carbocycles. The van der Waals surface area contributed by atoms with Crippen molar-refractivity contribution in [3.63, 3.8) is 0 Å². The fourth-order valence-electron chi connectivity index (χ4n) is 5.45. The SMILES string of the molecule is CC(C)(C)[Si](OCC1Cc2ccc(Cl)cc2-c2cc(=O)[nH]cc2CO1)(c1ccccc1)c1ccccc1. The smallest absolute Gasteiger partial charge is 0.261 e. The van der Waals surface area contributed by atoms with Crippen molar-refractivity contribution in [2.75, 3.05) is 6.61 Å². The molecule has 190 valence electrons. The van der Waals surface area contributed by atoms with Crippen LogP contribution >= 0.6 is 11.6 Å². The Balaban J connectivity index is 1.54. The first-order valence-electron chi connectivity index (χ1n) is 12.6. The maximum Gasteiger partial charge on any atom is 0.261 e. The first-order valence-corrected chi connectivity index (χ1v) is 14.9. The third-order valence-corrected chi connectivity index (χ3v) is 12.4. The molecule has 4 nitrogen and oxygen atoms in total. The number of halogens is 1. The van der Waals surface area contributed by atoms with Crippen LogP contribution in [-0.4, -0.2) is 26.0 Å². The Morgan fingerprint density at radius 2 is 1.54 bits per heavy atom. The Morgan fingerprint density at radius 3 is 2.16 bits per heavy atom. The van der Waals surface area contributed by atoms with Gasteiger partial charge in [-0.15, -0.1) is 0 Å². The molecule has 0 saturated carbocycles. The van der Waals surface area contributed by atoms with Gasteiger partial charge in [-0.05, 0) is 44.2 Å². The van der Waals surface area contributed by atoms with Gasteiger partial charge in [0.2, 0.25) is 5.56 Å². The molecule has 1 atom stereocenters. The number of benzene rings is 3. The van der Waals surface area contributed by atoms with E-state index in [0.29, 0.717) is 24.7 Å². The minimum absolute atomic E-state index is 0.116. The lowest BCUT2D eigenvalue weighted by Gasteiger charge is -2.43. The number of H-pyrrole nitrogens is 1. The minimum Gasteiger partial charge on any atom is -0.405 e. The summed E-state index contributed by atoms with van der Waals surface area (Å²) in [6, 6.07) is 28.8. The first-order chi connectivity index (χ1) is 17.8. The van der Waals surface area contributed by atoms with Crippen molar-refractivity contribution in [1.82, 2.24) is 4.98 Å². The fourth-order valence-corrected chi connectivity index (χ4v) is 10.2. The van der Waals surface area contributed by atoms with Crippen LogP contribution in [0.1, 0.15) is 31.9 Å². The summed E-state index contributed by atoms with van der Waals surface area (Å²) in [6.07, 6.45) is 2.24. The molecule has 1 unspecified atom stereocenters. The zero-order valence-electron chi connectivity index (χ0n) is 21.5. The number of pyridine rings is 1. The number of fused-ring (bicyclic) bond motifs is 3. The van der Waals surface area contributed by atoms with Crippen LogP contribution in [0.2, 0.25) is 10.1 Å². The van der Waals surface area contributed by atoms with E-state index in [0.717, 1.165) is 22.3 Å². The average molecular weight is 530 g/mol. The van der Waals surface area contributed by atoms with E-state index < -0.39 is 8.32 Å².